The van der Waals surface area contributed by atoms with E-state index in [1.807, 2.05) is 0 Å². The molecule has 0 fully saturated rings. The highest BCUT2D eigenvalue weighted by Crippen LogP contribution is 2.32. The maximum Gasteiger partial charge on any atom is 0.0560 e. The third kappa shape index (κ3) is 5.23. The summed E-state index contributed by atoms with van der Waals surface area (Å²) in [5.41, 5.74) is 5.68. The minimum atomic E-state index is 0.0625. The molecule has 0 saturated carbocycles. The minimum absolute atomic E-state index is 0.0625. The molecule has 2 unspecified atom stereocenters. The number of ether oxygens (including phenoxy) is 1. The molecule has 0 N–H and O–H groups in total. The number of benzene rings is 2. The molecule has 0 amide bonds. The van der Waals surface area contributed by atoms with Gasteiger partial charge in [0.1, 0.15) is 0 Å². The second kappa shape index (κ2) is 9.55. The summed E-state index contributed by atoms with van der Waals surface area (Å²) in [6.07, 6.45) is 4.33. The van der Waals surface area contributed by atoms with E-state index in [-0.39, 0.29) is 10.8 Å². The highest BCUT2D eigenvalue weighted by Gasteiger charge is 2.29. The molecular weight excluding hydrogens is 328 g/mol. The molecule has 1 heteroatoms. The van der Waals surface area contributed by atoms with Crippen molar-refractivity contribution in [2.45, 2.75) is 78.1 Å². The summed E-state index contributed by atoms with van der Waals surface area (Å²) in [4.78, 5) is 0. The van der Waals surface area contributed by atoms with E-state index in [0.717, 1.165) is 38.9 Å². The Kier molecular flexibility index (Phi) is 7.68. The number of rotatable bonds is 10. The number of hydrogen-bond acceptors (Lipinski definition) is 1. The molecule has 27 heavy (non-hydrogen) atoms. The molecule has 0 aliphatic heterocycles. The predicted molar refractivity (Wildman–Crippen MR) is 118 cm³/mol. The van der Waals surface area contributed by atoms with Gasteiger partial charge in [-0.25, -0.2) is 0 Å². The average molecular weight is 367 g/mol. The standard InChI is InChI=1S/C26H38O/c1-7-21-11-15-23(16-12-21)25(5,9-3)19-27-20-26(6,10-4)24-17-13-22(8-2)14-18-24/h11-18H,7-10,19-20H2,1-6H3. The first-order chi connectivity index (χ1) is 12.9. The van der Waals surface area contributed by atoms with Crippen molar-refractivity contribution < 1.29 is 4.74 Å². The van der Waals surface area contributed by atoms with Crippen molar-refractivity contribution in [2.75, 3.05) is 13.2 Å². The van der Waals surface area contributed by atoms with E-state index in [2.05, 4.69) is 90.1 Å². The van der Waals surface area contributed by atoms with Gasteiger partial charge in [-0.2, -0.15) is 0 Å². The van der Waals surface area contributed by atoms with E-state index in [4.69, 9.17) is 4.74 Å². The molecule has 0 bridgehead atoms. The van der Waals surface area contributed by atoms with Gasteiger partial charge in [-0.3, -0.25) is 0 Å². The Bertz CT molecular complexity index is 624. The fourth-order valence-corrected chi connectivity index (χ4v) is 3.57. The Balaban J connectivity index is 2.07. The van der Waals surface area contributed by atoms with Crippen LogP contribution in [0.3, 0.4) is 0 Å². The quantitative estimate of drug-likeness (QED) is 0.446. The monoisotopic (exact) mass is 366 g/mol. The fraction of sp³-hybridized carbons (Fsp3) is 0.538. The summed E-state index contributed by atoms with van der Waals surface area (Å²) in [6.45, 7) is 15.1. The molecule has 0 heterocycles. The summed E-state index contributed by atoms with van der Waals surface area (Å²) in [5, 5.41) is 0. The van der Waals surface area contributed by atoms with Crippen LogP contribution in [0.25, 0.3) is 0 Å². The zero-order valence-electron chi connectivity index (χ0n) is 18.3. The van der Waals surface area contributed by atoms with Crippen LogP contribution in [-0.4, -0.2) is 13.2 Å². The molecular formula is C26H38O. The summed E-state index contributed by atoms with van der Waals surface area (Å²) < 4.78 is 6.37. The van der Waals surface area contributed by atoms with Gasteiger partial charge in [0.05, 0.1) is 13.2 Å². The molecule has 0 aliphatic carbocycles. The van der Waals surface area contributed by atoms with Crippen molar-refractivity contribution in [3.63, 3.8) is 0 Å². The van der Waals surface area contributed by atoms with E-state index in [1.165, 1.54) is 22.3 Å². The van der Waals surface area contributed by atoms with E-state index >= 15 is 0 Å². The lowest BCUT2D eigenvalue weighted by molar-refractivity contribution is 0.0510. The average Bonchev–Trinajstić information content (AvgIpc) is 2.73. The summed E-state index contributed by atoms with van der Waals surface area (Å²) in [6, 6.07) is 18.2. The molecule has 0 spiro atoms. The Morgan fingerprint density at radius 1 is 0.593 bits per heavy atom. The highest BCUT2D eigenvalue weighted by atomic mass is 16.5. The molecule has 0 aliphatic rings. The van der Waals surface area contributed by atoms with Gasteiger partial charge >= 0.3 is 0 Å². The maximum atomic E-state index is 6.37. The van der Waals surface area contributed by atoms with Crippen LogP contribution in [0.2, 0.25) is 0 Å². The van der Waals surface area contributed by atoms with Crippen molar-refractivity contribution in [3.05, 3.63) is 70.8 Å². The van der Waals surface area contributed by atoms with Crippen molar-refractivity contribution in [3.8, 4) is 0 Å². The smallest absolute Gasteiger partial charge is 0.0560 e. The molecule has 0 aromatic heterocycles. The topological polar surface area (TPSA) is 9.23 Å². The Morgan fingerprint density at radius 3 is 1.19 bits per heavy atom. The lowest BCUT2D eigenvalue weighted by Crippen LogP contribution is -2.33. The first-order valence-corrected chi connectivity index (χ1v) is 10.7. The third-order valence-electron chi connectivity index (χ3n) is 6.52. The normalized spacial score (nSPS) is 15.9. The number of hydrogen-bond donors (Lipinski definition) is 0. The first kappa shape index (κ1) is 21.7. The first-order valence-electron chi connectivity index (χ1n) is 10.7. The Hall–Kier alpha value is -1.60. The molecule has 2 aromatic carbocycles. The van der Waals surface area contributed by atoms with E-state index in [0.29, 0.717) is 0 Å². The molecule has 1 nitrogen and oxygen atoms in total. The molecule has 2 rings (SSSR count). The third-order valence-corrected chi connectivity index (χ3v) is 6.52. The second-order valence-electron chi connectivity index (χ2n) is 8.42. The number of aryl methyl sites for hydroxylation is 2. The van der Waals surface area contributed by atoms with Crippen LogP contribution in [0.5, 0.6) is 0 Å². The van der Waals surface area contributed by atoms with Crippen LogP contribution in [0, 0.1) is 0 Å². The van der Waals surface area contributed by atoms with Gasteiger partial charge in [0.2, 0.25) is 0 Å². The lowest BCUT2D eigenvalue weighted by Gasteiger charge is -2.33. The zero-order chi connectivity index (χ0) is 19.9. The van der Waals surface area contributed by atoms with Crippen LogP contribution < -0.4 is 0 Å². The molecule has 148 valence electrons. The fourth-order valence-electron chi connectivity index (χ4n) is 3.57. The second-order valence-corrected chi connectivity index (χ2v) is 8.42. The maximum absolute atomic E-state index is 6.37. The van der Waals surface area contributed by atoms with Crippen molar-refractivity contribution in [1.82, 2.24) is 0 Å². The predicted octanol–water partition coefficient (Wildman–Crippen LogP) is 6.86. The van der Waals surface area contributed by atoms with E-state index in [9.17, 15) is 0 Å². The van der Waals surface area contributed by atoms with Crippen molar-refractivity contribution >= 4 is 0 Å². The van der Waals surface area contributed by atoms with Crippen LogP contribution >= 0.6 is 0 Å². The lowest BCUT2D eigenvalue weighted by atomic mass is 9.79. The Labute approximate surface area is 167 Å². The minimum Gasteiger partial charge on any atom is -0.380 e. The van der Waals surface area contributed by atoms with Gasteiger partial charge in [-0.15, -0.1) is 0 Å². The van der Waals surface area contributed by atoms with Gasteiger partial charge in [0.25, 0.3) is 0 Å². The van der Waals surface area contributed by atoms with Crippen LogP contribution in [-0.2, 0) is 28.4 Å². The van der Waals surface area contributed by atoms with Gasteiger partial charge in [-0.05, 0) is 47.9 Å². The zero-order valence-corrected chi connectivity index (χ0v) is 18.3. The van der Waals surface area contributed by atoms with Crippen LogP contribution in [0.15, 0.2) is 48.5 Å². The molecule has 0 saturated heterocycles. The molecule has 2 aromatic rings. The summed E-state index contributed by atoms with van der Waals surface area (Å²) in [5.74, 6) is 0. The SMILES string of the molecule is CCc1ccc(C(C)(CC)COCC(C)(CC)c2ccc(CC)cc2)cc1. The molecule has 0 radical (unpaired) electrons. The van der Waals surface area contributed by atoms with Gasteiger partial charge in [0.15, 0.2) is 0 Å². The molecule has 2 atom stereocenters. The Morgan fingerprint density at radius 2 is 0.926 bits per heavy atom. The van der Waals surface area contributed by atoms with E-state index < -0.39 is 0 Å². The van der Waals surface area contributed by atoms with E-state index in [1.54, 1.807) is 0 Å². The van der Waals surface area contributed by atoms with Crippen molar-refractivity contribution in [1.29, 1.82) is 0 Å². The van der Waals surface area contributed by atoms with Gasteiger partial charge in [0, 0.05) is 10.8 Å². The van der Waals surface area contributed by atoms with Gasteiger partial charge < -0.3 is 4.74 Å². The highest BCUT2D eigenvalue weighted by molar-refractivity contribution is 5.30. The largest absolute Gasteiger partial charge is 0.380 e. The van der Waals surface area contributed by atoms with Crippen LogP contribution in [0.1, 0.15) is 76.6 Å². The van der Waals surface area contributed by atoms with Crippen LogP contribution in [0.4, 0.5) is 0 Å². The summed E-state index contributed by atoms with van der Waals surface area (Å²) in [7, 11) is 0. The summed E-state index contributed by atoms with van der Waals surface area (Å²) >= 11 is 0. The van der Waals surface area contributed by atoms with Crippen molar-refractivity contribution in [2.24, 2.45) is 0 Å². The van der Waals surface area contributed by atoms with Gasteiger partial charge in [-0.1, -0.05) is 90.1 Å².